The van der Waals surface area contributed by atoms with Gasteiger partial charge in [0.15, 0.2) is 0 Å². The van der Waals surface area contributed by atoms with Gasteiger partial charge < -0.3 is 5.11 Å². The second-order valence-corrected chi connectivity index (χ2v) is 7.33. The molecular weight excluding hydrogens is 264 g/mol. The van der Waals surface area contributed by atoms with E-state index < -0.39 is 0 Å². The van der Waals surface area contributed by atoms with Crippen LogP contribution in [0.25, 0.3) is 0 Å². The number of aliphatic hydroxyl groups excluding tert-OH is 1. The lowest BCUT2D eigenvalue weighted by Gasteiger charge is -2.08. The Hall–Kier alpha value is -1.12. The summed E-state index contributed by atoms with van der Waals surface area (Å²) >= 11 is 1.86. The summed E-state index contributed by atoms with van der Waals surface area (Å²) in [5.41, 5.74) is 2.89. The van der Waals surface area contributed by atoms with E-state index in [0.29, 0.717) is 11.8 Å². The molecule has 0 radical (unpaired) electrons. The molecule has 3 atom stereocenters. The Labute approximate surface area is 124 Å². The van der Waals surface area contributed by atoms with Gasteiger partial charge in [-0.2, -0.15) is 0 Å². The molecule has 1 fully saturated rings. The number of aryl methyl sites for hydroxylation is 2. The lowest BCUT2D eigenvalue weighted by Crippen LogP contribution is -1.99. The smallest absolute Gasteiger partial charge is 0.0916 e. The largest absolute Gasteiger partial charge is 0.387 e. The van der Waals surface area contributed by atoms with Crippen LogP contribution in [0, 0.1) is 5.92 Å². The summed E-state index contributed by atoms with van der Waals surface area (Å²) in [7, 11) is 0. The van der Waals surface area contributed by atoms with Crippen molar-refractivity contribution in [2.75, 3.05) is 0 Å². The molecule has 1 aromatic carbocycles. The van der Waals surface area contributed by atoms with E-state index in [2.05, 4.69) is 36.4 Å². The molecule has 1 N–H and O–H groups in total. The molecule has 0 amide bonds. The van der Waals surface area contributed by atoms with Crippen LogP contribution in [0.3, 0.4) is 0 Å². The number of aliphatic hydroxyl groups is 1. The van der Waals surface area contributed by atoms with Crippen molar-refractivity contribution in [1.82, 2.24) is 0 Å². The van der Waals surface area contributed by atoms with Crippen LogP contribution in [-0.4, -0.2) is 5.11 Å². The van der Waals surface area contributed by atoms with E-state index in [1.807, 2.05) is 11.3 Å². The van der Waals surface area contributed by atoms with Crippen molar-refractivity contribution in [3.63, 3.8) is 0 Å². The van der Waals surface area contributed by atoms with Crippen LogP contribution in [0.5, 0.6) is 0 Å². The monoisotopic (exact) mass is 284 g/mol. The zero-order valence-corrected chi connectivity index (χ0v) is 12.4. The molecule has 2 aromatic rings. The number of benzene rings is 1. The molecule has 2 heteroatoms. The van der Waals surface area contributed by atoms with E-state index in [0.717, 1.165) is 6.42 Å². The number of hydrogen-bond acceptors (Lipinski definition) is 2. The van der Waals surface area contributed by atoms with Crippen LogP contribution in [0.4, 0.5) is 0 Å². The van der Waals surface area contributed by atoms with Gasteiger partial charge >= 0.3 is 0 Å². The first-order valence-corrected chi connectivity index (χ1v) is 8.49. The van der Waals surface area contributed by atoms with Gasteiger partial charge in [0.25, 0.3) is 0 Å². The van der Waals surface area contributed by atoms with Crippen molar-refractivity contribution in [3.05, 3.63) is 57.3 Å². The van der Waals surface area contributed by atoms with E-state index in [4.69, 9.17) is 0 Å². The van der Waals surface area contributed by atoms with Crippen molar-refractivity contribution in [1.29, 1.82) is 0 Å². The molecule has 1 aromatic heterocycles. The first-order valence-electron chi connectivity index (χ1n) is 7.67. The number of hydrogen-bond donors (Lipinski definition) is 1. The van der Waals surface area contributed by atoms with E-state index in [-0.39, 0.29) is 6.10 Å². The minimum absolute atomic E-state index is 0.254. The molecule has 4 rings (SSSR count). The molecule has 0 saturated heterocycles. The number of fused-ring (bicyclic) bond motifs is 1. The van der Waals surface area contributed by atoms with E-state index >= 15 is 0 Å². The van der Waals surface area contributed by atoms with Crippen molar-refractivity contribution in [2.45, 2.75) is 44.1 Å². The summed E-state index contributed by atoms with van der Waals surface area (Å²) < 4.78 is 0. The van der Waals surface area contributed by atoms with Gasteiger partial charge in [0.05, 0.1) is 6.10 Å². The quantitative estimate of drug-likeness (QED) is 0.882. The maximum Gasteiger partial charge on any atom is 0.0916 e. The standard InChI is InChI=1S/C18H20OS/c19-18(15-11-14(15)12-6-2-1-3-7-12)17-10-13-8-4-5-9-16(13)20-17/h1-3,6-7,10,14-15,18-19H,4-5,8-9,11H2. The third-order valence-electron chi connectivity index (χ3n) is 4.78. The van der Waals surface area contributed by atoms with Crippen LogP contribution >= 0.6 is 11.3 Å². The summed E-state index contributed by atoms with van der Waals surface area (Å²) in [5, 5.41) is 10.7. The normalized spacial score (nSPS) is 26.1. The van der Waals surface area contributed by atoms with Gasteiger partial charge in [0, 0.05) is 9.75 Å². The Morgan fingerprint density at radius 1 is 1.10 bits per heavy atom. The molecule has 104 valence electrons. The van der Waals surface area contributed by atoms with Crippen LogP contribution < -0.4 is 0 Å². The lowest BCUT2D eigenvalue weighted by atomic mass is 9.98. The molecule has 0 bridgehead atoms. The van der Waals surface area contributed by atoms with Gasteiger partial charge in [-0.25, -0.2) is 0 Å². The van der Waals surface area contributed by atoms with Crippen LogP contribution in [-0.2, 0) is 12.8 Å². The van der Waals surface area contributed by atoms with Crippen molar-refractivity contribution < 1.29 is 5.11 Å². The molecule has 2 aliphatic rings. The fourth-order valence-corrected chi connectivity index (χ4v) is 4.84. The average Bonchev–Trinajstić information content (AvgIpc) is 3.18. The minimum atomic E-state index is -0.254. The van der Waals surface area contributed by atoms with E-state index in [1.54, 1.807) is 0 Å². The molecule has 0 aliphatic heterocycles. The van der Waals surface area contributed by atoms with Gasteiger partial charge in [-0.1, -0.05) is 30.3 Å². The molecule has 1 heterocycles. The SMILES string of the molecule is OC(c1cc2c(s1)CCCC2)C1CC1c1ccccc1. The molecule has 3 unspecified atom stereocenters. The summed E-state index contributed by atoms with van der Waals surface area (Å²) in [6.45, 7) is 0. The first kappa shape index (κ1) is 12.6. The Morgan fingerprint density at radius 2 is 1.90 bits per heavy atom. The van der Waals surface area contributed by atoms with Crippen LogP contribution in [0.15, 0.2) is 36.4 Å². The zero-order chi connectivity index (χ0) is 13.5. The minimum Gasteiger partial charge on any atom is -0.387 e. The lowest BCUT2D eigenvalue weighted by molar-refractivity contribution is 0.155. The maximum absolute atomic E-state index is 10.7. The van der Waals surface area contributed by atoms with Gasteiger partial charge in [-0.15, -0.1) is 11.3 Å². The van der Waals surface area contributed by atoms with Crippen LogP contribution in [0.2, 0.25) is 0 Å². The predicted octanol–water partition coefficient (Wildman–Crippen LogP) is 4.46. The highest BCUT2D eigenvalue weighted by molar-refractivity contribution is 7.12. The van der Waals surface area contributed by atoms with Crippen molar-refractivity contribution in [2.24, 2.45) is 5.92 Å². The Morgan fingerprint density at radius 3 is 2.70 bits per heavy atom. The summed E-state index contributed by atoms with van der Waals surface area (Å²) in [5.74, 6) is 0.989. The van der Waals surface area contributed by atoms with E-state index in [9.17, 15) is 5.11 Å². The highest BCUT2D eigenvalue weighted by Gasteiger charge is 2.44. The molecular formula is C18H20OS. The topological polar surface area (TPSA) is 20.2 Å². The Kier molecular flexibility index (Phi) is 3.16. The molecule has 1 nitrogen and oxygen atoms in total. The van der Waals surface area contributed by atoms with E-state index in [1.165, 1.54) is 46.6 Å². The highest BCUT2D eigenvalue weighted by Crippen LogP contribution is 2.55. The highest BCUT2D eigenvalue weighted by atomic mass is 32.1. The first-order chi connectivity index (χ1) is 9.83. The van der Waals surface area contributed by atoms with Gasteiger partial charge in [0.2, 0.25) is 0 Å². The van der Waals surface area contributed by atoms with Gasteiger partial charge in [-0.3, -0.25) is 0 Å². The second kappa shape index (κ2) is 5.01. The Balaban J connectivity index is 1.51. The van der Waals surface area contributed by atoms with Crippen molar-refractivity contribution >= 4 is 11.3 Å². The third-order valence-corrected chi connectivity index (χ3v) is 6.09. The Bertz CT molecular complexity index is 578. The van der Waals surface area contributed by atoms with Crippen molar-refractivity contribution in [3.8, 4) is 0 Å². The third kappa shape index (κ3) is 2.21. The molecule has 0 spiro atoms. The fourth-order valence-electron chi connectivity index (χ4n) is 3.52. The number of rotatable bonds is 3. The molecule has 1 saturated carbocycles. The second-order valence-electron chi connectivity index (χ2n) is 6.17. The number of thiophene rings is 1. The fraction of sp³-hybridized carbons (Fsp3) is 0.444. The zero-order valence-electron chi connectivity index (χ0n) is 11.6. The van der Waals surface area contributed by atoms with Gasteiger partial charge in [0.1, 0.15) is 0 Å². The predicted molar refractivity (Wildman–Crippen MR) is 83.2 cm³/mol. The summed E-state index contributed by atoms with van der Waals surface area (Å²) in [6.07, 6.45) is 5.95. The average molecular weight is 284 g/mol. The summed E-state index contributed by atoms with van der Waals surface area (Å²) in [4.78, 5) is 2.74. The molecule has 2 aliphatic carbocycles. The van der Waals surface area contributed by atoms with Crippen LogP contribution in [0.1, 0.15) is 52.2 Å². The van der Waals surface area contributed by atoms with Gasteiger partial charge in [-0.05, 0) is 61.1 Å². The molecule has 20 heavy (non-hydrogen) atoms. The summed E-state index contributed by atoms with van der Waals surface area (Å²) in [6, 6.07) is 12.9. The maximum atomic E-state index is 10.7.